The summed E-state index contributed by atoms with van der Waals surface area (Å²) < 4.78 is 0. The molecule has 0 saturated heterocycles. The van der Waals surface area contributed by atoms with Crippen molar-refractivity contribution in [1.29, 1.82) is 0 Å². The van der Waals surface area contributed by atoms with E-state index in [9.17, 15) is 0 Å². The lowest BCUT2D eigenvalue weighted by atomic mass is 9.78. The van der Waals surface area contributed by atoms with Crippen molar-refractivity contribution in [3.63, 3.8) is 0 Å². The molecule has 0 N–H and O–H groups in total. The second-order valence-corrected chi connectivity index (χ2v) is 14.6. The highest BCUT2D eigenvalue weighted by atomic mass is 14.9. The van der Waals surface area contributed by atoms with Crippen LogP contribution in [-0.2, 0) is 5.41 Å². The van der Waals surface area contributed by atoms with E-state index in [4.69, 9.17) is 9.97 Å². The lowest BCUT2D eigenvalue weighted by molar-refractivity contribution is 0.662. The first-order valence-electron chi connectivity index (χ1n) is 18.3. The Bertz CT molecular complexity index is 2850. The number of aromatic nitrogens is 2. The van der Waals surface area contributed by atoms with E-state index in [2.05, 4.69) is 178 Å². The Balaban J connectivity index is 1.11. The zero-order valence-electron chi connectivity index (χ0n) is 29.7. The Morgan fingerprint density at radius 2 is 0.943 bits per heavy atom. The maximum absolute atomic E-state index is 5.24. The number of benzene rings is 8. The summed E-state index contributed by atoms with van der Waals surface area (Å²) in [7, 11) is 0. The van der Waals surface area contributed by atoms with Crippen molar-refractivity contribution in [2.24, 2.45) is 0 Å². The number of rotatable bonds is 5. The van der Waals surface area contributed by atoms with Gasteiger partial charge in [-0.15, -0.1) is 0 Å². The highest BCUT2D eigenvalue weighted by Crippen LogP contribution is 2.53. The van der Waals surface area contributed by atoms with Gasteiger partial charge in [0.2, 0.25) is 0 Å². The summed E-state index contributed by atoms with van der Waals surface area (Å²) in [6.07, 6.45) is 0. The molecule has 0 radical (unpaired) electrons. The fourth-order valence-electron chi connectivity index (χ4n) is 8.48. The summed E-state index contributed by atoms with van der Waals surface area (Å²) in [4.78, 5) is 10.4. The van der Waals surface area contributed by atoms with Crippen molar-refractivity contribution in [1.82, 2.24) is 9.97 Å². The van der Waals surface area contributed by atoms with Crippen molar-refractivity contribution in [3.8, 4) is 67.3 Å². The molecular formula is C51H36N2. The molecule has 8 aromatic carbocycles. The summed E-state index contributed by atoms with van der Waals surface area (Å²) in [5.41, 5.74) is 15.2. The third-order valence-corrected chi connectivity index (χ3v) is 11.1. The molecule has 0 amide bonds. The Hall–Kier alpha value is -6.64. The normalized spacial score (nSPS) is 12.9. The summed E-state index contributed by atoms with van der Waals surface area (Å²) in [6.45, 7) is 4.72. The number of hydrogen-bond acceptors (Lipinski definition) is 2. The lowest BCUT2D eigenvalue weighted by Crippen LogP contribution is -2.16. The molecule has 0 bridgehead atoms. The lowest BCUT2D eigenvalue weighted by Gasteiger charge is -2.25. The second-order valence-electron chi connectivity index (χ2n) is 14.6. The molecule has 1 aliphatic rings. The molecule has 2 nitrogen and oxygen atoms in total. The van der Waals surface area contributed by atoms with E-state index in [1.54, 1.807) is 0 Å². The van der Waals surface area contributed by atoms with Crippen LogP contribution in [0.5, 0.6) is 0 Å². The van der Waals surface area contributed by atoms with Gasteiger partial charge in [-0.3, -0.25) is 0 Å². The van der Waals surface area contributed by atoms with E-state index in [-0.39, 0.29) is 5.41 Å². The number of nitrogens with zero attached hydrogens (tertiary/aromatic N) is 2. The molecule has 250 valence electrons. The molecule has 53 heavy (non-hydrogen) atoms. The molecule has 10 rings (SSSR count). The predicted octanol–water partition coefficient (Wildman–Crippen LogP) is 13.4. The van der Waals surface area contributed by atoms with Gasteiger partial charge in [0, 0.05) is 22.1 Å². The highest BCUT2D eigenvalue weighted by Gasteiger charge is 2.37. The van der Waals surface area contributed by atoms with E-state index < -0.39 is 0 Å². The summed E-state index contributed by atoms with van der Waals surface area (Å²) in [5.74, 6) is 0.713. The fourth-order valence-corrected chi connectivity index (χ4v) is 8.48. The van der Waals surface area contributed by atoms with Gasteiger partial charge < -0.3 is 0 Å². The van der Waals surface area contributed by atoms with Crippen molar-refractivity contribution in [2.45, 2.75) is 19.3 Å². The van der Waals surface area contributed by atoms with Gasteiger partial charge in [-0.1, -0.05) is 184 Å². The average Bonchev–Trinajstić information content (AvgIpc) is 3.46. The zero-order chi connectivity index (χ0) is 35.5. The first-order valence-corrected chi connectivity index (χ1v) is 18.3. The average molecular weight is 677 g/mol. The molecular weight excluding hydrogens is 641 g/mol. The zero-order valence-corrected chi connectivity index (χ0v) is 29.7. The molecule has 0 unspecified atom stereocenters. The van der Waals surface area contributed by atoms with Crippen LogP contribution < -0.4 is 0 Å². The van der Waals surface area contributed by atoms with Gasteiger partial charge in [0.25, 0.3) is 0 Å². The summed E-state index contributed by atoms with van der Waals surface area (Å²) >= 11 is 0. The van der Waals surface area contributed by atoms with Gasteiger partial charge in [-0.2, -0.15) is 0 Å². The monoisotopic (exact) mass is 676 g/mol. The van der Waals surface area contributed by atoms with Gasteiger partial charge in [-0.05, 0) is 78.2 Å². The largest absolute Gasteiger partial charge is 0.228 e. The SMILES string of the molecule is CC1(C)c2ccccc2-c2cccc(-c3ccc(-c4cc(-c5ccc(-c6ccc7ccccc7c6)cc5)nc(-c5ccccc5)n4)c4ccccc34)c21. The van der Waals surface area contributed by atoms with E-state index >= 15 is 0 Å². The van der Waals surface area contributed by atoms with E-state index in [0.29, 0.717) is 5.82 Å². The summed E-state index contributed by atoms with van der Waals surface area (Å²) in [5, 5.41) is 4.88. The molecule has 0 fully saturated rings. The van der Waals surface area contributed by atoms with Crippen LogP contribution in [-0.4, -0.2) is 9.97 Å². The Morgan fingerprint density at radius 3 is 1.75 bits per heavy atom. The third-order valence-electron chi connectivity index (χ3n) is 11.1. The van der Waals surface area contributed by atoms with Gasteiger partial charge in [-0.25, -0.2) is 9.97 Å². The van der Waals surface area contributed by atoms with Gasteiger partial charge in [0.1, 0.15) is 0 Å². The Kier molecular flexibility index (Phi) is 7.19. The third kappa shape index (κ3) is 5.18. The van der Waals surface area contributed by atoms with Crippen LogP contribution in [0.15, 0.2) is 182 Å². The summed E-state index contributed by atoms with van der Waals surface area (Å²) in [6, 6.07) is 65.4. The molecule has 0 atom stereocenters. The van der Waals surface area contributed by atoms with Crippen molar-refractivity contribution < 1.29 is 0 Å². The minimum atomic E-state index is -0.113. The van der Waals surface area contributed by atoms with Gasteiger partial charge >= 0.3 is 0 Å². The number of hydrogen-bond donors (Lipinski definition) is 0. The maximum atomic E-state index is 5.24. The van der Waals surface area contributed by atoms with Crippen LogP contribution in [0.25, 0.3) is 88.8 Å². The molecule has 1 heterocycles. The molecule has 1 aromatic heterocycles. The van der Waals surface area contributed by atoms with Gasteiger partial charge in [0.05, 0.1) is 11.4 Å². The van der Waals surface area contributed by atoms with Crippen LogP contribution in [0, 0.1) is 0 Å². The Labute approximate surface area is 310 Å². The van der Waals surface area contributed by atoms with E-state index in [1.807, 2.05) is 18.2 Å². The molecule has 0 aliphatic heterocycles. The predicted molar refractivity (Wildman–Crippen MR) is 222 cm³/mol. The van der Waals surface area contributed by atoms with Crippen LogP contribution >= 0.6 is 0 Å². The molecule has 9 aromatic rings. The second kappa shape index (κ2) is 12.3. The van der Waals surface area contributed by atoms with Gasteiger partial charge in [0.15, 0.2) is 5.82 Å². The van der Waals surface area contributed by atoms with Crippen LogP contribution in [0.1, 0.15) is 25.0 Å². The first-order chi connectivity index (χ1) is 26.0. The molecule has 2 heteroatoms. The molecule has 0 spiro atoms. The van der Waals surface area contributed by atoms with Crippen molar-refractivity contribution >= 4 is 21.5 Å². The van der Waals surface area contributed by atoms with Crippen molar-refractivity contribution in [3.05, 3.63) is 193 Å². The van der Waals surface area contributed by atoms with E-state index in [1.165, 1.54) is 66.1 Å². The standard InChI is InChI=1S/C51H36N2/c1-51(2)46-22-11-10-19-42(46)45-21-12-20-44(49(45)51)41-29-30-43(40-18-9-8-17-39(40)41)48-32-47(52-50(53-48)36-14-4-3-5-15-36)35-26-23-34(24-27-35)38-28-25-33-13-6-7-16-37(33)31-38/h3-32H,1-2H3. The van der Waals surface area contributed by atoms with Crippen LogP contribution in [0.4, 0.5) is 0 Å². The quantitative estimate of drug-likeness (QED) is 0.181. The van der Waals surface area contributed by atoms with Crippen LogP contribution in [0.2, 0.25) is 0 Å². The molecule has 1 aliphatic carbocycles. The minimum Gasteiger partial charge on any atom is -0.228 e. The fraction of sp³-hybridized carbons (Fsp3) is 0.0588. The smallest absolute Gasteiger partial charge is 0.160 e. The maximum Gasteiger partial charge on any atom is 0.160 e. The first kappa shape index (κ1) is 31.1. The molecule has 0 saturated carbocycles. The van der Waals surface area contributed by atoms with Crippen LogP contribution in [0.3, 0.4) is 0 Å². The minimum absolute atomic E-state index is 0.113. The van der Waals surface area contributed by atoms with E-state index in [0.717, 1.165) is 28.1 Å². The van der Waals surface area contributed by atoms with Crippen molar-refractivity contribution in [2.75, 3.05) is 0 Å². The topological polar surface area (TPSA) is 25.8 Å². The highest BCUT2D eigenvalue weighted by molar-refractivity contribution is 6.06. The number of fused-ring (bicyclic) bond motifs is 5. The Morgan fingerprint density at radius 1 is 0.358 bits per heavy atom.